The fraction of sp³-hybridized carbons (Fsp3) is 0.364. The molecule has 3 heteroatoms. The topological polar surface area (TPSA) is 37.3 Å². The van der Waals surface area contributed by atoms with Crippen molar-refractivity contribution in [2.45, 2.75) is 25.9 Å². The summed E-state index contributed by atoms with van der Waals surface area (Å²) in [6.07, 6.45) is -0.105. The Labute approximate surface area is 82.4 Å². The molecule has 0 fully saturated rings. The highest BCUT2D eigenvalue weighted by Gasteiger charge is 2.16. The van der Waals surface area contributed by atoms with Gasteiger partial charge < -0.3 is 5.11 Å². The Morgan fingerprint density at radius 3 is 2.71 bits per heavy atom. The number of aromatic carboxylic acids is 1. The lowest BCUT2D eigenvalue weighted by molar-refractivity contribution is 0.0693. The summed E-state index contributed by atoms with van der Waals surface area (Å²) in [5, 5.41) is 8.82. The molecular formula is C11H13FO2. The van der Waals surface area contributed by atoms with E-state index in [1.807, 2.05) is 6.92 Å². The molecule has 0 aliphatic carbocycles. The predicted molar refractivity (Wildman–Crippen MR) is 52.2 cm³/mol. The molecule has 0 spiro atoms. The van der Waals surface area contributed by atoms with Crippen LogP contribution in [-0.2, 0) is 0 Å². The first-order chi connectivity index (χ1) is 6.66. The second-order valence-electron chi connectivity index (χ2n) is 3.15. The molecule has 14 heavy (non-hydrogen) atoms. The fourth-order valence-electron chi connectivity index (χ4n) is 1.37. The molecule has 0 bridgehead atoms. The normalized spacial score (nSPS) is 12.4. The van der Waals surface area contributed by atoms with Crippen LogP contribution in [0.3, 0.4) is 0 Å². The molecule has 76 valence electrons. The van der Waals surface area contributed by atoms with Gasteiger partial charge in [0, 0.05) is 5.56 Å². The molecule has 0 saturated heterocycles. The predicted octanol–water partition coefficient (Wildman–Crippen LogP) is 3.20. The zero-order valence-corrected chi connectivity index (χ0v) is 8.03. The number of hydrogen-bond donors (Lipinski definition) is 1. The molecule has 0 radical (unpaired) electrons. The summed E-state index contributed by atoms with van der Waals surface area (Å²) in [5.74, 6) is -1.07. The average Bonchev–Trinajstić information content (AvgIpc) is 2.18. The quantitative estimate of drug-likeness (QED) is 0.802. The number of carboxylic acid groups (broad SMARTS) is 1. The largest absolute Gasteiger partial charge is 0.478 e. The van der Waals surface area contributed by atoms with E-state index in [1.54, 1.807) is 12.1 Å². The Hall–Kier alpha value is -1.38. The summed E-state index contributed by atoms with van der Waals surface area (Å²) in [4.78, 5) is 10.8. The molecule has 0 saturated carbocycles. The van der Waals surface area contributed by atoms with Crippen LogP contribution in [0.4, 0.5) is 4.39 Å². The number of carboxylic acids is 1. The molecule has 0 heterocycles. The van der Waals surface area contributed by atoms with Gasteiger partial charge >= 0.3 is 5.97 Å². The van der Waals surface area contributed by atoms with Crippen LogP contribution < -0.4 is 0 Å². The third kappa shape index (κ3) is 2.31. The van der Waals surface area contributed by atoms with Gasteiger partial charge in [-0.1, -0.05) is 31.5 Å². The highest BCUT2D eigenvalue weighted by molar-refractivity contribution is 5.89. The van der Waals surface area contributed by atoms with Gasteiger partial charge in [0.25, 0.3) is 0 Å². The van der Waals surface area contributed by atoms with Gasteiger partial charge in [-0.25, -0.2) is 9.18 Å². The monoisotopic (exact) mass is 196 g/mol. The van der Waals surface area contributed by atoms with Gasteiger partial charge in [0.1, 0.15) is 6.17 Å². The van der Waals surface area contributed by atoms with Crippen LogP contribution in [0.25, 0.3) is 0 Å². The van der Waals surface area contributed by atoms with Crippen molar-refractivity contribution in [1.82, 2.24) is 0 Å². The number of hydrogen-bond acceptors (Lipinski definition) is 1. The Bertz CT molecular complexity index is 323. The van der Waals surface area contributed by atoms with Crippen molar-refractivity contribution in [2.75, 3.05) is 0 Å². The summed E-state index contributed by atoms with van der Waals surface area (Å²) in [7, 11) is 0. The minimum atomic E-state index is -1.17. The lowest BCUT2D eigenvalue weighted by Crippen LogP contribution is -2.04. The molecule has 1 rings (SSSR count). The SMILES string of the molecule is CCCC(F)c1ccccc1C(=O)O. The van der Waals surface area contributed by atoms with E-state index < -0.39 is 12.1 Å². The molecule has 1 atom stereocenters. The standard InChI is InChI=1S/C11H13FO2/c1-2-5-10(12)8-6-3-4-7-9(8)11(13)14/h3-4,6-7,10H,2,5H2,1H3,(H,13,14). The van der Waals surface area contributed by atoms with E-state index >= 15 is 0 Å². The summed E-state index contributed by atoms with van der Waals surface area (Å²) in [6, 6.07) is 6.22. The van der Waals surface area contributed by atoms with Gasteiger partial charge in [-0.3, -0.25) is 0 Å². The minimum absolute atomic E-state index is 0.0634. The molecule has 2 nitrogen and oxygen atoms in total. The molecule has 0 amide bonds. The van der Waals surface area contributed by atoms with Crippen LogP contribution in [0, 0.1) is 0 Å². The lowest BCUT2D eigenvalue weighted by Gasteiger charge is -2.09. The summed E-state index contributed by atoms with van der Waals surface area (Å²) in [5.41, 5.74) is 0.343. The molecule has 1 aromatic rings. The van der Waals surface area contributed by atoms with Crippen LogP contribution >= 0.6 is 0 Å². The Balaban J connectivity index is 3.00. The lowest BCUT2D eigenvalue weighted by atomic mass is 10.0. The summed E-state index contributed by atoms with van der Waals surface area (Å²) < 4.78 is 13.5. The van der Waals surface area contributed by atoms with Crippen LogP contribution in [0.15, 0.2) is 24.3 Å². The maximum absolute atomic E-state index is 13.5. The number of halogens is 1. The molecule has 0 aliphatic rings. The van der Waals surface area contributed by atoms with E-state index in [9.17, 15) is 9.18 Å². The van der Waals surface area contributed by atoms with Gasteiger partial charge in [-0.05, 0) is 12.5 Å². The van der Waals surface area contributed by atoms with Gasteiger partial charge in [0.15, 0.2) is 0 Å². The number of rotatable bonds is 4. The van der Waals surface area contributed by atoms with Gasteiger partial charge in [0.05, 0.1) is 5.56 Å². The molecular weight excluding hydrogens is 183 g/mol. The molecule has 1 unspecified atom stereocenters. The number of benzene rings is 1. The zero-order chi connectivity index (χ0) is 10.6. The van der Waals surface area contributed by atoms with Crippen molar-refractivity contribution in [1.29, 1.82) is 0 Å². The smallest absolute Gasteiger partial charge is 0.336 e. The second-order valence-corrected chi connectivity index (χ2v) is 3.15. The molecule has 0 aromatic heterocycles. The number of alkyl halides is 1. The van der Waals surface area contributed by atoms with Crippen LogP contribution in [0.2, 0.25) is 0 Å². The summed E-state index contributed by atoms with van der Waals surface area (Å²) in [6.45, 7) is 1.87. The third-order valence-corrected chi connectivity index (χ3v) is 2.07. The van der Waals surface area contributed by atoms with Crippen molar-refractivity contribution in [2.24, 2.45) is 0 Å². The van der Waals surface area contributed by atoms with E-state index in [1.165, 1.54) is 12.1 Å². The highest BCUT2D eigenvalue weighted by Crippen LogP contribution is 2.25. The van der Waals surface area contributed by atoms with E-state index in [4.69, 9.17) is 5.11 Å². The van der Waals surface area contributed by atoms with E-state index in [-0.39, 0.29) is 11.1 Å². The van der Waals surface area contributed by atoms with Gasteiger partial charge in [-0.2, -0.15) is 0 Å². The first kappa shape index (κ1) is 10.7. The van der Waals surface area contributed by atoms with Crippen molar-refractivity contribution in [3.8, 4) is 0 Å². The van der Waals surface area contributed by atoms with E-state index in [0.717, 1.165) is 0 Å². The average molecular weight is 196 g/mol. The first-order valence-electron chi connectivity index (χ1n) is 4.63. The van der Waals surface area contributed by atoms with Crippen molar-refractivity contribution < 1.29 is 14.3 Å². The Morgan fingerprint density at radius 1 is 1.50 bits per heavy atom. The van der Waals surface area contributed by atoms with Gasteiger partial charge in [-0.15, -0.1) is 0 Å². The van der Waals surface area contributed by atoms with Crippen molar-refractivity contribution >= 4 is 5.97 Å². The van der Waals surface area contributed by atoms with Crippen LogP contribution in [0.5, 0.6) is 0 Å². The maximum atomic E-state index is 13.5. The Morgan fingerprint density at radius 2 is 2.14 bits per heavy atom. The summed E-state index contributed by atoms with van der Waals surface area (Å²) >= 11 is 0. The molecule has 1 N–H and O–H groups in total. The zero-order valence-electron chi connectivity index (χ0n) is 8.03. The van der Waals surface area contributed by atoms with Crippen LogP contribution in [-0.4, -0.2) is 11.1 Å². The highest BCUT2D eigenvalue weighted by atomic mass is 19.1. The van der Waals surface area contributed by atoms with Gasteiger partial charge in [0.2, 0.25) is 0 Å². The second kappa shape index (κ2) is 4.74. The molecule has 1 aromatic carbocycles. The minimum Gasteiger partial charge on any atom is -0.478 e. The van der Waals surface area contributed by atoms with Crippen LogP contribution in [0.1, 0.15) is 41.9 Å². The van der Waals surface area contributed by atoms with E-state index in [2.05, 4.69) is 0 Å². The van der Waals surface area contributed by atoms with Crippen molar-refractivity contribution in [3.05, 3.63) is 35.4 Å². The molecule has 0 aliphatic heterocycles. The fourth-order valence-corrected chi connectivity index (χ4v) is 1.37. The number of carbonyl (C=O) groups is 1. The third-order valence-electron chi connectivity index (χ3n) is 2.07. The Kier molecular flexibility index (Phi) is 3.63. The van der Waals surface area contributed by atoms with Crippen molar-refractivity contribution in [3.63, 3.8) is 0 Å². The maximum Gasteiger partial charge on any atom is 0.336 e. The van der Waals surface area contributed by atoms with E-state index in [0.29, 0.717) is 12.8 Å². The first-order valence-corrected chi connectivity index (χ1v) is 4.63.